The zero-order chi connectivity index (χ0) is 22.1. The molecule has 3 rings (SSSR count). The van der Waals surface area contributed by atoms with Crippen LogP contribution in [-0.2, 0) is 17.7 Å². The maximum absolute atomic E-state index is 13.5. The number of ether oxygens (including phenoxy) is 1. The number of hydrogen-bond donors (Lipinski definition) is 1. The molecule has 1 heterocycles. The van der Waals surface area contributed by atoms with E-state index >= 15 is 0 Å². The van der Waals surface area contributed by atoms with Gasteiger partial charge in [0.15, 0.2) is 0 Å². The lowest BCUT2D eigenvalue weighted by molar-refractivity contribution is -0.385. The molecule has 0 radical (unpaired) electrons. The largest absolute Gasteiger partial charge is 0.444 e. The van der Waals surface area contributed by atoms with Gasteiger partial charge >= 0.3 is 6.09 Å². The smallest absolute Gasteiger partial charge is 0.410 e. The first-order valence-corrected chi connectivity index (χ1v) is 9.38. The van der Waals surface area contributed by atoms with Crippen LogP contribution in [0.2, 0.25) is 0 Å². The van der Waals surface area contributed by atoms with Gasteiger partial charge < -0.3 is 15.0 Å². The number of nitrogens with one attached hydrogen (secondary N) is 1. The molecule has 1 N–H and O–H groups in total. The summed E-state index contributed by atoms with van der Waals surface area (Å²) in [6.45, 7) is 6.21. The molecule has 0 saturated heterocycles. The van der Waals surface area contributed by atoms with Crippen molar-refractivity contribution in [2.45, 2.75) is 39.3 Å². The molecule has 0 bridgehead atoms. The van der Waals surface area contributed by atoms with Crippen molar-refractivity contribution in [1.29, 1.82) is 0 Å². The summed E-state index contributed by atoms with van der Waals surface area (Å²) in [5, 5.41) is 13.7. The third-order valence-corrected chi connectivity index (χ3v) is 4.53. The number of anilines is 1. The second-order valence-electron chi connectivity index (χ2n) is 8.01. The highest BCUT2D eigenvalue weighted by atomic mass is 19.1. The first kappa shape index (κ1) is 21.2. The van der Waals surface area contributed by atoms with Crippen LogP contribution in [0.1, 0.15) is 42.3 Å². The van der Waals surface area contributed by atoms with E-state index in [0.717, 1.165) is 29.3 Å². The van der Waals surface area contributed by atoms with Gasteiger partial charge in [-0.1, -0.05) is 6.07 Å². The lowest BCUT2D eigenvalue weighted by Gasteiger charge is -2.31. The van der Waals surface area contributed by atoms with Crippen LogP contribution in [0, 0.1) is 15.9 Å². The van der Waals surface area contributed by atoms with Gasteiger partial charge in [-0.3, -0.25) is 14.9 Å². The fourth-order valence-electron chi connectivity index (χ4n) is 3.16. The molecular formula is C21H22FN3O5. The second-order valence-corrected chi connectivity index (χ2v) is 8.01. The fraction of sp³-hybridized carbons (Fsp3) is 0.333. The van der Waals surface area contributed by atoms with Crippen LogP contribution >= 0.6 is 0 Å². The Labute approximate surface area is 172 Å². The molecule has 2 aromatic rings. The number of halogens is 1. The third-order valence-electron chi connectivity index (χ3n) is 4.53. The standard InChI is InChI=1S/C21H22FN3O5/c1-21(2,3)30-20(27)24-9-8-13-4-6-16(10-14(13)12-24)23-19(26)17-11-15(22)5-7-18(17)25(28)29/h4-7,10-11H,8-9,12H2,1-3H3,(H,23,26). The average Bonchev–Trinajstić information content (AvgIpc) is 2.65. The predicted molar refractivity (Wildman–Crippen MR) is 108 cm³/mol. The molecule has 0 unspecified atom stereocenters. The SMILES string of the molecule is CC(C)(C)OC(=O)N1CCc2ccc(NC(=O)c3cc(F)ccc3[N+](=O)[O-])cc2C1. The summed E-state index contributed by atoms with van der Waals surface area (Å²) in [7, 11) is 0. The molecule has 1 aliphatic heterocycles. The van der Waals surface area contributed by atoms with Crippen molar-refractivity contribution < 1.29 is 23.6 Å². The molecule has 0 atom stereocenters. The minimum atomic E-state index is -0.791. The number of amides is 2. The Morgan fingerprint density at radius 3 is 2.57 bits per heavy atom. The Kier molecular flexibility index (Phi) is 5.73. The van der Waals surface area contributed by atoms with Gasteiger partial charge in [0.25, 0.3) is 11.6 Å². The zero-order valence-electron chi connectivity index (χ0n) is 16.9. The highest BCUT2D eigenvalue weighted by Crippen LogP contribution is 2.26. The highest BCUT2D eigenvalue weighted by Gasteiger charge is 2.26. The second kappa shape index (κ2) is 8.10. The topological polar surface area (TPSA) is 102 Å². The summed E-state index contributed by atoms with van der Waals surface area (Å²) in [5.74, 6) is -1.54. The molecule has 158 valence electrons. The number of nitrogens with zero attached hydrogens (tertiary/aromatic N) is 2. The van der Waals surface area contributed by atoms with E-state index in [1.807, 2.05) is 6.07 Å². The van der Waals surface area contributed by atoms with Crippen LogP contribution < -0.4 is 5.32 Å². The lowest BCUT2D eigenvalue weighted by atomic mass is 9.99. The monoisotopic (exact) mass is 415 g/mol. The van der Waals surface area contributed by atoms with Crippen molar-refractivity contribution in [3.63, 3.8) is 0 Å². The Morgan fingerprint density at radius 2 is 1.90 bits per heavy atom. The van der Waals surface area contributed by atoms with E-state index in [-0.39, 0.29) is 5.56 Å². The molecule has 30 heavy (non-hydrogen) atoms. The summed E-state index contributed by atoms with van der Waals surface area (Å²) in [4.78, 5) is 36.8. The van der Waals surface area contributed by atoms with E-state index in [0.29, 0.717) is 25.2 Å². The number of benzene rings is 2. The van der Waals surface area contributed by atoms with E-state index < -0.39 is 34.0 Å². The lowest BCUT2D eigenvalue weighted by Crippen LogP contribution is -2.39. The highest BCUT2D eigenvalue weighted by molar-refractivity contribution is 6.07. The summed E-state index contributed by atoms with van der Waals surface area (Å²) >= 11 is 0. The molecule has 1 aliphatic rings. The van der Waals surface area contributed by atoms with E-state index in [1.54, 1.807) is 37.8 Å². The first-order valence-electron chi connectivity index (χ1n) is 9.38. The Morgan fingerprint density at radius 1 is 1.17 bits per heavy atom. The fourth-order valence-corrected chi connectivity index (χ4v) is 3.16. The van der Waals surface area contributed by atoms with Crippen LogP contribution in [0.4, 0.5) is 20.6 Å². The summed E-state index contributed by atoms with van der Waals surface area (Å²) in [6.07, 6.45) is 0.219. The Bertz CT molecular complexity index is 1020. The van der Waals surface area contributed by atoms with Crippen molar-refractivity contribution in [3.8, 4) is 0 Å². The van der Waals surface area contributed by atoms with Gasteiger partial charge in [-0.25, -0.2) is 9.18 Å². The van der Waals surface area contributed by atoms with Gasteiger partial charge in [0, 0.05) is 24.8 Å². The van der Waals surface area contributed by atoms with Crippen LogP contribution in [0.25, 0.3) is 0 Å². The summed E-state index contributed by atoms with van der Waals surface area (Å²) in [5.41, 5.74) is 0.801. The van der Waals surface area contributed by atoms with Crippen LogP contribution in [0.3, 0.4) is 0 Å². The number of nitro benzene ring substituents is 1. The molecule has 2 amide bonds. The maximum atomic E-state index is 13.5. The van der Waals surface area contributed by atoms with Gasteiger partial charge in [0.2, 0.25) is 0 Å². The number of nitro groups is 1. The zero-order valence-corrected chi connectivity index (χ0v) is 16.9. The normalized spacial score (nSPS) is 13.4. The van der Waals surface area contributed by atoms with E-state index in [4.69, 9.17) is 4.74 Å². The van der Waals surface area contributed by atoms with Gasteiger partial charge in [-0.05, 0) is 62.6 Å². The van der Waals surface area contributed by atoms with Gasteiger partial charge in [-0.2, -0.15) is 0 Å². The van der Waals surface area contributed by atoms with E-state index in [1.165, 1.54) is 0 Å². The Balaban J connectivity index is 1.78. The Hall–Kier alpha value is -3.49. The first-order chi connectivity index (χ1) is 14.0. The molecule has 9 heteroatoms. The van der Waals surface area contributed by atoms with Crippen molar-refractivity contribution in [3.05, 3.63) is 69.0 Å². The molecule has 0 fully saturated rings. The van der Waals surface area contributed by atoms with E-state index in [2.05, 4.69) is 5.32 Å². The maximum Gasteiger partial charge on any atom is 0.410 e. The molecule has 0 aromatic heterocycles. The summed E-state index contributed by atoms with van der Waals surface area (Å²) in [6, 6.07) is 7.92. The van der Waals surface area contributed by atoms with Crippen LogP contribution in [0.15, 0.2) is 36.4 Å². The van der Waals surface area contributed by atoms with Crippen molar-refractivity contribution in [1.82, 2.24) is 4.90 Å². The molecule has 2 aromatic carbocycles. The van der Waals surface area contributed by atoms with Crippen LogP contribution in [-0.4, -0.2) is 34.0 Å². The van der Waals surface area contributed by atoms with Crippen molar-refractivity contribution in [2.24, 2.45) is 0 Å². The minimum absolute atomic E-state index is 0.314. The number of carbonyl (C=O) groups is 2. The van der Waals surface area contributed by atoms with Crippen molar-refractivity contribution >= 4 is 23.4 Å². The average molecular weight is 415 g/mol. The van der Waals surface area contributed by atoms with Crippen molar-refractivity contribution in [2.75, 3.05) is 11.9 Å². The number of carbonyl (C=O) groups excluding carboxylic acids is 2. The summed E-state index contributed by atoms with van der Waals surface area (Å²) < 4.78 is 18.9. The van der Waals surface area contributed by atoms with Gasteiger partial charge in [-0.15, -0.1) is 0 Å². The van der Waals surface area contributed by atoms with Gasteiger partial charge in [0.05, 0.1) is 4.92 Å². The van der Waals surface area contributed by atoms with E-state index in [9.17, 15) is 24.1 Å². The third kappa shape index (κ3) is 4.91. The number of rotatable bonds is 3. The number of hydrogen-bond acceptors (Lipinski definition) is 5. The molecule has 0 saturated carbocycles. The molecule has 0 aliphatic carbocycles. The predicted octanol–water partition coefficient (Wildman–Crippen LogP) is 4.28. The quantitative estimate of drug-likeness (QED) is 0.596. The molecular weight excluding hydrogens is 393 g/mol. The van der Waals surface area contributed by atoms with Gasteiger partial charge in [0.1, 0.15) is 17.0 Å². The number of fused-ring (bicyclic) bond motifs is 1. The minimum Gasteiger partial charge on any atom is -0.444 e. The molecule has 8 nitrogen and oxygen atoms in total. The molecule has 0 spiro atoms. The van der Waals surface area contributed by atoms with Crippen LogP contribution in [0.5, 0.6) is 0 Å².